The molecule has 0 saturated heterocycles. The van der Waals surface area contributed by atoms with E-state index in [0.717, 1.165) is 17.7 Å². The van der Waals surface area contributed by atoms with Crippen molar-refractivity contribution in [2.24, 2.45) is 0 Å². The van der Waals surface area contributed by atoms with E-state index in [4.69, 9.17) is 10.3 Å². The van der Waals surface area contributed by atoms with Gasteiger partial charge in [0.2, 0.25) is 5.88 Å². The minimum Gasteiger partial charge on any atom is -0.367 e. The Morgan fingerprint density at radius 3 is 2.33 bits per heavy atom. The summed E-state index contributed by atoms with van der Waals surface area (Å²) in [5.41, 5.74) is 8.58. The van der Waals surface area contributed by atoms with E-state index in [1.54, 1.807) is 36.4 Å². The van der Waals surface area contributed by atoms with Crippen LogP contribution in [-0.2, 0) is 12.6 Å². The first kappa shape index (κ1) is 25.5. The van der Waals surface area contributed by atoms with Gasteiger partial charge in [-0.1, -0.05) is 65.8 Å². The molecule has 0 saturated carbocycles. The smallest absolute Gasteiger partial charge is 0.367 e. The van der Waals surface area contributed by atoms with Crippen molar-refractivity contribution in [1.29, 1.82) is 0 Å². The van der Waals surface area contributed by atoms with Crippen molar-refractivity contribution in [3.63, 3.8) is 0 Å². The Hall–Kier alpha value is -5.19. The number of alkyl halides is 3. The fourth-order valence-corrected chi connectivity index (χ4v) is 4.03. The van der Waals surface area contributed by atoms with E-state index < -0.39 is 17.8 Å². The van der Waals surface area contributed by atoms with Gasteiger partial charge in [0.15, 0.2) is 5.82 Å². The Balaban J connectivity index is 1.33. The van der Waals surface area contributed by atoms with Crippen molar-refractivity contribution >= 4 is 23.4 Å². The molecule has 5 rings (SSSR count). The summed E-state index contributed by atoms with van der Waals surface area (Å²) >= 11 is 0. The molecule has 0 aliphatic carbocycles. The third-order valence-corrected chi connectivity index (χ3v) is 5.87. The van der Waals surface area contributed by atoms with E-state index in [-0.39, 0.29) is 29.2 Å². The zero-order valence-electron chi connectivity index (χ0n) is 20.2. The van der Waals surface area contributed by atoms with Crippen LogP contribution in [0.2, 0.25) is 0 Å². The molecule has 0 atom stereocenters. The lowest BCUT2D eigenvalue weighted by molar-refractivity contribution is -0.137. The van der Waals surface area contributed by atoms with Gasteiger partial charge in [0.05, 0.1) is 22.5 Å². The molecule has 11 heteroatoms. The standard InChI is InChI=1S/C28H21F3N6O2/c29-28(30,31)20-11-6-10-19(15-20)25-23(37-39-26(25)32)16-18-9-4-5-12-21(18)33-27(38)34-24-14-13-22(35-36-24)17-7-2-1-3-8-17/h1-15H,16,32H2,(H2,33,34,36,38). The van der Waals surface area contributed by atoms with Gasteiger partial charge in [0.25, 0.3) is 0 Å². The second kappa shape index (κ2) is 10.7. The molecule has 2 heterocycles. The lowest BCUT2D eigenvalue weighted by atomic mass is 9.98. The van der Waals surface area contributed by atoms with Gasteiger partial charge in [-0.3, -0.25) is 5.32 Å². The van der Waals surface area contributed by atoms with Crippen LogP contribution in [0.4, 0.5) is 35.4 Å². The first-order valence-electron chi connectivity index (χ1n) is 11.7. The zero-order valence-corrected chi connectivity index (χ0v) is 20.2. The second-order valence-electron chi connectivity index (χ2n) is 8.53. The number of urea groups is 1. The molecule has 0 radical (unpaired) electrons. The van der Waals surface area contributed by atoms with Crippen LogP contribution in [0, 0.1) is 0 Å². The molecule has 0 fully saturated rings. The fourth-order valence-electron chi connectivity index (χ4n) is 4.03. The number of nitrogen functional groups attached to an aromatic ring is 1. The van der Waals surface area contributed by atoms with Crippen molar-refractivity contribution in [3.05, 3.63) is 108 Å². The van der Waals surface area contributed by atoms with Gasteiger partial charge in [0.1, 0.15) is 0 Å². The van der Waals surface area contributed by atoms with Gasteiger partial charge < -0.3 is 15.6 Å². The second-order valence-corrected chi connectivity index (χ2v) is 8.53. The normalized spacial score (nSPS) is 11.3. The Bertz CT molecular complexity index is 1600. The van der Waals surface area contributed by atoms with E-state index in [1.807, 2.05) is 30.3 Å². The molecule has 0 bridgehead atoms. The number of nitrogens with zero attached hydrogens (tertiary/aromatic N) is 3. The number of halogens is 3. The number of hydrogen-bond donors (Lipinski definition) is 3. The maximum Gasteiger partial charge on any atom is 0.416 e. The fraction of sp³-hybridized carbons (Fsp3) is 0.0714. The van der Waals surface area contributed by atoms with Gasteiger partial charge >= 0.3 is 12.2 Å². The summed E-state index contributed by atoms with van der Waals surface area (Å²) in [6.45, 7) is 0. The van der Waals surface area contributed by atoms with Gasteiger partial charge in [-0.2, -0.15) is 13.2 Å². The van der Waals surface area contributed by atoms with E-state index in [0.29, 0.717) is 22.6 Å². The van der Waals surface area contributed by atoms with Crippen LogP contribution >= 0.6 is 0 Å². The Morgan fingerprint density at radius 2 is 1.59 bits per heavy atom. The summed E-state index contributed by atoms with van der Waals surface area (Å²) in [5, 5.41) is 17.6. The van der Waals surface area contributed by atoms with Crippen molar-refractivity contribution in [1.82, 2.24) is 15.4 Å². The van der Waals surface area contributed by atoms with Gasteiger partial charge in [-0.25, -0.2) is 4.79 Å². The highest BCUT2D eigenvalue weighted by Crippen LogP contribution is 2.36. The van der Waals surface area contributed by atoms with Crippen LogP contribution < -0.4 is 16.4 Å². The van der Waals surface area contributed by atoms with Gasteiger partial charge in [-0.05, 0) is 41.5 Å². The summed E-state index contributed by atoms with van der Waals surface area (Å²) in [4.78, 5) is 12.7. The predicted molar refractivity (Wildman–Crippen MR) is 141 cm³/mol. The number of rotatable bonds is 6. The molecular weight excluding hydrogens is 509 g/mol. The van der Waals surface area contributed by atoms with Crippen LogP contribution in [0.15, 0.2) is 95.5 Å². The zero-order chi connectivity index (χ0) is 27.4. The summed E-state index contributed by atoms with van der Waals surface area (Å²) in [7, 11) is 0. The quantitative estimate of drug-likeness (QED) is 0.227. The average molecular weight is 531 g/mol. The number of aromatic nitrogens is 3. The molecule has 0 aliphatic rings. The molecule has 0 spiro atoms. The highest BCUT2D eigenvalue weighted by atomic mass is 19.4. The number of carbonyl (C=O) groups excluding carboxylic acids is 1. The monoisotopic (exact) mass is 530 g/mol. The molecule has 4 N–H and O–H groups in total. The van der Waals surface area contributed by atoms with E-state index in [2.05, 4.69) is 26.0 Å². The minimum absolute atomic E-state index is 0.106. The van der Waals surface area contributed by atoms with Gasteiger partial charge in [-0.15, -0.1) is 10.2 Å². The Kier molecular flexibility index (Phi) is 6.96. The summed E-state index contributed by atoms with van der Waals surface area (Å²) < 4.78 is 44.9. The molecule has 2 amide bonds. The van der Waals surface area contributed by atoms with Crippen molar-refractivity contribution < 1.29 is 22.5 Å². The molecule has 3 aromatic carbocycles. The molecule has 5 aromatic rings. The first-order valence-corrected chi connectivity index (χ1v) is 11.7. The van der Waals surface area contributed by atoms with Crippen LogP contribution in [0.5, 0.6) is 0 Å². The van der Waals surface area contributed by atoms with Crippen LogP contribution in [0.1, 0.15) is 16.8 Å². The number of nitrogens with two attached hydrogens (primary N) is 1. The first-order chi connectivity index (χ1) is 18.8. The molecule has 0 unspecified atom stereocenters. The number of anilines is 3. The lowest BCUT2D eigenvalue weighted by Gasteiger charge is -2.12. The molecule has 39 heavy (non-hydrogen) atoms. The summed E-state index contributed by atoms with van der Waals surface area (Å²) in [6.07, 6.45) is -4.38. The lowest BCUT2D eigenvalue weighted by Crippen LogP contribution is -2.21. The molecular formula is C28H21F3N6O2. The molecule has 2 aromatic heterocycles. The topological polar surface area (TPSA) is 119 Å². The molecule has 8 nitrogen and oxygen atoms in total. The third-order valence-electron chi connectivity index (χ3n) is 5.87. The van der Waals surface area contributed by atoms with Crippen LogP contribution in [0.3, 0.4) is 0 Å². The highest BCUT2D eigenvalue weighted by Gasteiger charge is 2.31. The summed E-state index contributed by atoms with van der Waals surface area (Å²) in [6, 6.07) is 24.0. The Morgan fingerprint density at radius 1 is 0.846 bits per heavy atom. The number of benzene rings is 3. The minimum atomic E-state index is -4.52. The number of carbonyl (C=O) groups is 1. The highest BCUT2D eigenvalue weighted by molar-refractivity contribution is 5.99. The van der Waals surface area contributed by atoms with E-state index in [1.165, 1.54) is 12.1 Å². The van der Waals surface area contributed by atoms with Crippen molar-refractivity contribution in [2.45, 2.75) is 12.6 Å². The van der Waals surface area contributed by atoms with Crippen LogP contribution in [-0.4, -0.2) is 21.4 Å². The average Bonchev–Trinajstić information content (AvgIpc) is 3.30. The SMILES string of the molecule is Nc1onc(Cc2ccccc2NC(=O)Nc2ccc(-c3ccccc3)nn2)c1-c1cccc(C(F)(F)F)c1. The van der Waals surface area contributed by atoms with Gasteiger partial charge in [0, 0.05) is 17.7 Å². The summed E-state index contributed by atoms with van der Waals surface area (Å²) in [5.74, 6) is 0.144. The third kappa shape index (κ3) is 5.87. The van der Waals surface area contributed by atoms with E-state index >= 15 is 0 Å². The van der Waals surface area contributed by atoms with E-state index in [9.17, 15) is 18.0 Å². The van der Waals surface area contributed by atoms with Crippen molar-refractivity contribution in [3.8, 4) is 22.4 Å². The number of amides is 2. The maximum atomic E-state index is 13.3. The number of para-hydroxylation sites is 1. The largest absolute Gasteiger partial charge is 0.416 e. The molecule has 196 valence electrons. The van der Waals surface area contributed by atoms with Crippen LogP contribution in [0.25, 0.3) is 22.4 Å². The number of hydrogen-bond acceptors (Lipinski definition) is 6. The van der Waals surface area contributed by atoms with Crippen molar-refractivity contribution in [2.75, 3.05) is 16.4 Å². The Labute approximate surface area is 220 Å². The maximum absolute atomic E-state index is 13.3. The number of nitrogens with one attached hydrogen (secondary N) is 2. The predicted octanol–water partition coefficient (Wildman–Crippen LogP) is 6.63. The molecule has 0 aliphatic heterocycles.